The van der Waals surface area contributed by atoms with E-state index >= 15 is 0 Å². The highest BCUT2D eigenvalue weighted by Crippen LogP contribution is 2.33. The fraction of sp³-hybridized carbons (Fsp3) is 0.667. The predicted octanol–water partition coefficient (Wildman–Crippen LogP) is 1.39. The molecule has 16 heavy (non-hydrogen) atoms. The molecule has 0 N–H and O–H groups in total. The molecule has 4 nitrogen and oxygen atoms in total. The number of esters is 2. The van der Waals surface area contributed by atoms with Gasteiger partial charge < -0.3 is 9.47 Å². The molecular weight excluding hydrogens is 208 g/mol. The Morgan fingerprint density at radius 1 is 1.25 bits per heavy atom. The van der Waals surface area contributed by atoms with E-state index in [-0.39, 0.29) is 12.3 Å². The van der Waals surface area contributed by atoms with Gasteiger partial charge in [-0.15, -0.1) is 12.3 Å². The highest BCUT2D eigenvalue weighted by atomic mass is 16.5. The Bertz CT molecular complexity index is 283. The Kier molecular flexibility index (Phi) is 5.59. The molecule has 0 unspecified atom stereocenters. The molecule has 0 aromatic carbocycles. The standard InChI is InChI=1S/C12H18O4/c1-6-7-12(8-9(2)3,10(13)15-4)11(14)16-5/h1,9H,7-8H2,2-5H3. The van der Waals surface area contributed by atoms with E-state index in [4.69, 9.17) is 6.42 Å². The fourth-order valence-electron chi connectivity index (χ4n) is 1.73. The molecule has 4 heteroatoms. The molecule has 0 aliphatic rings. The van der Waals surface area contributed by atoms with Crippen molar-refractivity contribution in [2.24, 2.45) is 11.3 Å². The smallest absolute Gasteiger partial charge is 0.324 e. The van der Waals surface area contributed by atoms with Crippen molar-refractivity contribution in [3.05, 3.63) is 0 Å². The molecule has 0 rings (SSSR count). The summed E-state index contributed by atoms with van der Waals surface area (Å²) in [5.74, 6) is 1.21. The number of hydrogen-bond acceptors (Lipinski definition) is 4. The highest BCUT2D eigenvalue weighted by molar-refractivity contribution is 6.00. The van der Waals surface area contributed by atoms with Crippen molar-refractivity contribution in [1.82, 2.24) is 0 Å². The Labute approximate surface area is 96.3 Å². The second kappa shape index (κ2) is 6.16. The van der Waals surface area contributed by atoms with Crippen molar-refractivity contribution in [2.75, 3.05) is 14.2 Å². The van der Waals surface area contributed by atoms with Gasteiger partial charge in [0.25, 0.3) is 0 Å². The van der Waals surface area contributed by atoms with Gasteiger partial charge in [0.2, 0.25) is 0 Å². The van der Waals surface area contributed by atoms with E-state index in [2.05, 4.69) is 15.4 Å². The number of methoxy groups -OCH3 is 2. The Hall–Kier alpha value is -1.50. The van der Waals surface area contributed by atoms with Gasteiger partial charge in [-0.3, -0.25) is 9.59 Å². The van der Waals surface area contributed by atoms with Crippen molar-refractivity contribution in [1.29, 1.82) is 0 Å². The van der Waals surface area contributed by atoms with Gasteiger partial charge >= 0.3 is 11.9 Å². The number of rotatable bonds is 5. The first-order chi connectivity index (χ1) is 7.44. The summed E-state index contributed by atoms with van der Waals surface area (Å²) in [6.45, 7) is 3.80. The number of ether oxygens (including phenoxy) is 2. The summed E-state index contributed by atoms with van der Waals surface area (Å²) in [5.41, 5.74) is -1.37. The first kappa shape index (κ1) is 14.5. The van der Waals surface area contributed by atoms with Crippen LogP contribution in [-0.2, 0) is 19.1 Å². The van der Waals surface area contributed by atoms with Gasteiger partial charge in [-0.25, -0.2) is 0 Å². The average molecular weight is 226 g/mol. The summed E-state index contributed by atoms with van der Waals surface area (Å²) in [6, 6.07) is 0. The summed E-state index contributed by atoms with van der Waals surface area (Å²) in [6.07, 6.45) is 5.52. The minimum Gasteiger partial charge on any atom is -0.468 e. The molecule has 0 amide bonds. The normalized spacial score (nSPS) is 10.8. The minimum atomic E-state index is -1.37. The third-order valence-electron chi connectivity index (χ3n) is 2.31. The van der Waals surface area contributed by atoms with Crippen LogP contribution in [0.3, 0.4) is 0 Å². The van der Waals surface area contributed by atoms with E-state index in [9.17, 15) is 9.59 Å². The maximum atomic E-state index is 11.7. The SMILES string of the molecule is C#CCC(CC(C)C)(C(=O)OC)C(=O)OC. The minimum absolute atomic E-state index is 0.00940. The van der Waals surface area contributed by atoms with Gasteiger partial charge in [0.15, 0.2) is 5.41 Å². The van der Waals surface area contributed by atoms with Crippen LogP contribution in [0.5, 0.6) is 0 Å². The fourth-order valence-corrected chi connectivity index (χ4v) is 1.73. The van der Waals surface area contributed by atoms with Crippen LogP contribution in [0.4, 0.5) is 0 Å². The van der Waals surface area contributed by atoms with Crippen molar-refractivity contribution in [2.45, 2.75) is 26.7 Å². The number of carbonyl (C=O) groups is 2. The van der Waals surface area contributed by atoms with E-state index in [0.717, 1.165) is 0 Å². The van der Waals surface area contributed by atoms with Crippen LogP contribution in [0, 0.1) is 23.7 Å². The molecule has 0 aliphatic carbocycles. The van der Waals surface area contributed by atoms with Crippen LogP contribution in [0.2, 0.25) is 0 Å². The van der Waals surface area contributed by atoms with Crippen LogP contribution in [0.1, 0.15) is 26.7 Å². The molecule has 0 radical (unpaired) electrons. The molecule has 0 heterocycles. The van der Waals surface area contributed by atoms with Gasteiger partial charge in [0, 0.05) is 6.42 Å². The second-order valence-electron chi connectivity index (χ2n) is 4.04. The maximum absolute atomic E-state index is 11.7. The van der Waals surface area contributed by atoms with Crippen LogP contribution >= 0.6 is 0 Å². The third kappa shape index (κ3) is 2.99. The first-order valence-electron chi connectivity index (χ1n) is 5.05. The summed E-state index contributed by atoms with van der Waals surface area (Å²) in [4.78, 5) is 23.5. The molecule has 0 bridgehead atoms. The molecular formula is C12H18O4. The zero-order valence-corrected chi connectivity index (χ0v) is 10.2. The molecule has 0 aromatic rings. The largest absolute Gasteiger partial charge is 0.468 e. The molecule has 0 aromatic heterocycles. The maximum Gasteiger partial charge on any atom is 0.324 e. The van der Waals surface area contributed by atoms with Gasteiger partial charge in [-0.05, 0) is 12.3 Å². The quantitative estimate of drug-likeness (QED) is 0.404. The zero-order valence-electron chi connectivity index (χ0n) is 10.2. The summed E-state index contributed by atoms with van der Waals surface area (Å²) < 4.78 is 9.31. The van der Waals surface area contributed by atoms with Crippen LogP contribution in [-0.4, -0.2) is 26.2 Å². The van der Waals surface area contributed by atoms with Gasteiger partial charge in [0.1, 0.15) is 0 Å². The van der Waals surface area contributed by atoms with Crippen molar-refractivity contribution in [3.8, 4) is 12.3 Å². The van der Waals surface area contributed by atoms with E-state index in [1.807, 2.05) is 13.8 Å². The third-order valence-corrected chi connectivity index (χ3v) is 2.31. The lowest BCUT2D eigenvalue weighted by Gasteiger charge is -2.27. The second-order valence-corrected chi connectivity index (χ2v) is 4.04. The van der Waals surface area contributed by atoms with Crippen LogP contribution in [0.15, 0.2) is 0 Å². The molecule has 0 fully saturated rings. The number of carbonyl (C=O) groups excluding carboxylic acids is 2. The van der Waals surface area contributed by atoms with Crippen LogP contribution < -0.4 is 0 Å². The van der Waals surface area contributed by atoms with Crippen molar-refractivity contribution < 1.29 is 19.1 Å². The lowest BCUT2D eigenvalue weighted by molar-refractivity contribution is -0.170. The highest BCUT2D eigenvalue weighted by Gasteiger charge is 2.48. The molecule has 0 saturated carbocycles. The zero-order chi connectivity index (χ0) is 12.8. The number of hydrogen-bond donors (Lipinski definition) is 0. The lowest BCUT2D eigenvalue weighted by Crippen LogP contribution is -2.42. The number of terminal acetylenes is 1. The summed E-state index contributed by atoms with van der Waals surface area (Å²) >= 11 is 0. The predicted molar refractivity (Wildman–Crippen MR) is 59.4 cm³/mol. The Balaban J connectivity index is 5.30. The Morgan fingerprint density at radius 2 is 1.69 bits per heavy atom. The average Bonchev–Trinajstić information content (AvgIpc) is 2.25. The van der Waals surface area contributed by atoms with E-state index in [1.54, 1.807) is 0 Å². The Morgan fingerprint density at radius 3 is 1.94 bits per heavy atom. The van der Waals surface area contributed by atoms with Crippen molar-refractivity contribution in [3.63, 3.8) is 0 Å². The van der Waals surface area contributed by atoms with E-state index < -0.39 is 17.4 Å². The molecule has 0 saturated heterocycles. The topological polar surface area (TPSA) is 52.6 Å². The first-order valence-corrected chi connectivity index (χ1v) is 5.05. The van der Waals surface area contributed by atoms with Gasteiger partial charge in [-0.2, -0.15) is 0 Å². The van der Waals surface area contributed by atoms with Crippen molar-refractivity contribution >= 4 is 11.9 Å². The summed E-state index contributed by atoms with van der Waals surface area (Å²) in [7, 11) is 2.47. The summed E-state index contributed by atoms with van der Waals surface area (Å²) in [5, 5.41) is 0. The van der Waals surface area contributed by atoms with E-state index in [1.165, 1.54) is 14.2 Å². The molecule has 0 atom stereocenters. The molecule has 0 aliphatic heterocycles. The molecule has 90 valence electrons. The molecule has 0 spiro atoms. The van der Waals surface area contributed by atoms with Gasteiger partial charge in [0.05, 0.1) is 14.2 Å². The van der Waals surface area contributed by atoms with Crippen LogP contribution in [0.25, 0.3) is 0 Å². The monoisotopic (exact) mass is 226 g/mol. The van der Waals surface area contributed by atoms with E-state index in [0.29, 0.717) is 6.42 Å². The van der Waals surface area contributed by atoms with Gasteiger partial charge in [-0.1, -0.05) is 13.8 Å². The lowest BCUT2D eigenvalue weighted by atomic mass is 9.77.